The molecule has 3 heterocycles. The summed E-state index contributed by atoms with van der Waals surface area (Å²) in [7, 11) is 1.57. The summed E-state index contributed by atoms with van der Waals surface area (Å²) < 4.78 is 24.7. The Morgan fingerprint density at radius 1 is 1.10 bits per heavy atom. The van der Waals surface area contributed by atoms with Crippen LogP contribution in [-0.2, 0) is 0 Å². The third kappa shape index (κ3) is 4.51. The molecule has 1 N–H and O–H groups in total. The fraction of sp³-hybridized carbons (Fsp3) is 0.174. The molecule has 0 spiro atoms. The number of aryl methyl sites for hydroxylation is 1. The van der Waals surface area contributed by atoms with E-state index in [0.717, 1.165) is 11.4 Å². The van der Waals surface area contributed by atoms with Crippen molar-refractivity contribution < 1.29 is 13.9 Å². The maximum absolute atomic E-state index is 13.1. The van der Waals surface area contributed by atoms with Gasteiger partial charge in [-0.2, -0.15) is 4.39 Å². The molecule has 31 heavy (non-hydrogen) atoms. The van der Waals surface area contributed by atoms with Crippen LogP contribution in [0.3, 0.4) is 0 Å². The molecule has 8 heteroatoms. The van der Waals surface area contributed by atoms with Crippen molar-refractivity contribution >= 4 is 11.6 Å². The van der Waals surface area contributed by atoms with Crippen LogP contribution in [0.25, 0.3) is 22.6 Å². The molecule has 158 valence electrons. The van der Waals surface area contributed by atoms with E-state index in [1.54, 1.807) is 19.2 Å². The van der Waals surface area contributed by atoms with Gasteiger partial charge in [0.05, 0.1) is 12.8 Å². The predicted molar refractivity (Wildman–Crippen MR) is 117 cm³/mol. The molecule has 0 saturated carbocycles. The molecule has 6 nitrogen and oxygen atoms in total. The summed E-state index contributed by atoms with van der Waals surface area (Å²) >= 11 is 6.40. The van der Waals surface area contributed by atoms with Gasteiger partial charge in [0, 0.05) is 29.1 Å². The van der Waals surface area contributed by atoms with Crippen molar-refractivity contribution in [2.75, 3.05) is 7.11 Å². The largest absolute Gasteiger partial charge is 0.496 e. The Hall–Kier alpha value is -3.45. The van der Waals surface area contributed by atoms with E-state index < -0.39 is 5.95 Å². The normalized spacial score (nSPS) is 11.9. The third-order valence-electron chi connectivity index (χ3n) is 4.73. The van der Waals surface area contributed by atoms with Gasteiger partial charge in [-0.15, -0.1) is 0 Å². The van der Waals surface area contributed by atoms with Gasteiger partial charge in [0.25, 0.3) is 0 Å². The van der Waals surface area contributed by atoms with E-state index in [9.17, 15) is 4.39 Å². The van der Waals surface area contributed by atoms with Gasteiger partial charge < -0.3 is 14.5 Å². The second-order valence-corrected chi connectivity index (χ2v) is 7.32. The number of nitrogens with one attached hydrogen (secondary N) is 1. The molecule has 0 fully saturated rings. The molecular formula is C23H20ClFN4O2. The van der Waals surface area contributed by atoms with Crippen molar-refractivity contribution in [2.45, 2.75) is 20.0 Å². The standard InChI is InChI=1S/C23H20ClFN4O2/c1-13-5-4-6-18(27-13)14(2)31-16-8-9-17(19(11-16)30-3)21-22(24)29-23(28-21)15-7-10-20(25)26-12-15/h4-12,14H,1-3H3,(H,28,29). The van der Waals surface area contributed by atoms with Crippen LogP contribution in [0.2, 0.25) is 5.15 Å². The lowest BCUT2D eigenvalue weighted by Gasteiger charge is -2.16. The topological polar surface area (TPSA) is 72.9 Å². The quantitative estimate of drug-likeness (QED) is 0.386. The number of hydrogen-bond donors (Lipinski definition) is 1. The molecule has 0 amide bonds. The lowest BCUT2D eigenvalue weighted by Crippen LogP contribution is -2.06. The molecule has 0 aliphatic heterocycles. The van der Waals surface area contributed by atoms with E-state index in [4.69, 9.17) is 21.1 Å². The second-order valence-electron chi connectivity index (χ2n) is 6.94. The Labute approximate surface area is 184 Å². The number of rotatable bonds is 6. The van der Waals surface area contributed by atoms with Gasteiger partial charge >= 0.3 is 0 Å². The number of aromatic nitrogens is 4. The lowest BCUT2D eigenvalue weighted by atomic mass is 10.1. The number of H-pyrrole nitrogens is 1. The molecule has 1 atom stereocenters. The Bertz CT molecular complexity index is 1210. The second kappa shape index (κ2) is 8.73. The molecule has 1 unspecified atom stereocenters. The predicted octanol–water partition coefficient (Wildman–Crippen LogP) is 5.78. The molecular weight excluding hydrogens is 419 g/mol. The monoisotopic (exact) mass is 438 g/mol. The highest BCUT2D eigenvalue weighted by molar-refractivity contribution is 6.32. The summed E-state index contributed by atoms with van der Waals surface area (Å²) in [6, 6.07) is 14.1. The van der Waals surface area contributed by atoms with Gasteiger partial charge in [-0.1, -0.05) is 17.7 Å². The average molecular weight is 439 g/mol. The number of benzene rings is 1. The van der Waals surface area contributed by atoms with Crippen LogP contribution in [0, 0.1) is 12.9 Å². The minimum Gasteiger partial charge on any atom is -0.496 e. The first kappa shape index (κ1) is 20.8. The number of nitrogens with zero attached hydrogens (tertiary/aromatic N) is 3. The highest BCUT2D eigenvalue weighted by Gasteiger charge is 2.18. The number of halogens is 2. The fourth-order valence-corrected chi connectivity index (χ4v) is 3.41. The summed E-state index contributed by atoms with van der Waals surface area (Å²) in [5.41, 5.74) is 3.60. The van der Waals surface area contributed by atoms with Crippen molar-refractivity contribution in [3.05, 3.63) is 77.2 Å². The van der Waals surface area contributed by atoms with Crippen LogP contribution in [0.1, 0.15) is 24.4 Å². The van der Waals surface area contributed by atoms with E-state index in [1.807, 2.05) is 44.2 Å². The zero-order valence-electron chi connectivity index (χ0n) is 17.2. The van der Waals surface area contributed by atoms with Crippen molar-refractivity contribution in [2.24, 2.45) is 0 Å². The maximum atomic E-state index is 13.1. The van der Waals surface area contributed by atoms with Crippen LogP contribution < -0.4 is 9.47 Å². The zero-order valence-corrected chi connectivity index (χ0v) is 17.9. The molecule has 0 radical (unpaired) electrons. The molecule has 4 rings (SSSR count). The maximum Gasteiger partial charge on any atom is 0.212 e. The van der Waals surface area contributed by atoms with Crippen molar-refractivity contribution in [1.29, 1.82) is 0 Å². The lowest BCUT2D eigenvalue weighted by molar-refractivity contribution is 0.221. The summed E-state index contributed by atoms with van der Waals surface area (Å²) in [6.07, 6.45) is 1.16. The molecule has 0 saturated heterocycles. The number of methoxy groups -OCH3 is 1. The van der Waals surface area contributed by atoms with Gasteiger partial charge in [-0.25, -0.2) is 9.97 Å². The minimum absolute atomic E-state index is 0.234. The number of aromatic amines is 1. The van der Waals surface area contributed by atoms with Crippen LogP contribution in [0.15, 0.2) is 54.7 Å². The van der Waals surface area contributed by atoms with Crippen LogP contribution in [-0.4, -0.2) is 27.0 Å². The highest BCUT2D eigenvalue weighted by atomic mass is 35.5. The first-order valence-electron chi connectivity index (χ1n) is 9.60. The van der Waals surface area contributed by atoms with Crippen molar-refractivity contribution in [3.8, 4) is 34.1 Å². The van der Waals surface area contributed by atoms with E-state index in [-0.39, 0.29) is 6.10 Å². The number of ether oxygens (including phenoxy) is 2. The first-order valence-corrected chi connectivity index (χ1v) is 9.98. The Balaban J connectivity index is 1.62. The molecule has 1 aromatic carbocycles. The van der Waals surface area contributed by atoms with E-state index >= 15 is 0 Å². The summed E-state index contributed by atoms with van der Waals surface area (Å²) in [5, 5.41) is 0.337. The molecule has 0 aliphatic carbocycles. The SMILES string of the molecule is COc1cc(OC(C)c2cccc(C)n2)ccc1-c1nc(-c2ccc(F)nc2)[nH]c1Cl. The Morgan fingerprint density at radius 2 is 1.94 bits per heavy atom. The smallest absolute Gasteiger partial charge is 0.212 e. The molecule has 0 bridgehead atoms. The fourth-order valence-electron chi connectivity index (χ4n) is 3.18. The van der Waals surface area contributed by atoms with Gasteiger partial charge in [0.2, 0.25) is 5.95 Å². The highest BCUT2D eigenvalue weighted by Crippen LogP contribution is 2.38. The number of hydrogen-bond acceptors (Lipinski definition) is 5. The zero-order chi connectivity index (χ0) is 22.0. The average Bonchev–Trinajstić information content (AvgIpc) is 3.15. The minimum atomic E-state index is -0.561. The van der Waals surface area contributed by atoms with E-state index in [1.165, 1.54) is 12.3 Å². The van der Waals surface area contributed by atoms with Gasteiger partial charge in [0.1, 0.15) is 34.3 Å². The first-order chi connectivity index (χ1) is 14.9. The molecule has 0 aliphatic rings. The molecule has 4 aromatic rings. The Morgan fingerprint density at radius 3 is 2.65 bits per heavy atom. The number of pyridine rings is 2. The Kier molecular flexibility index (Phi) is 5.86. The van der Waals surface area contributed by atoms with Gasteiger partial charge in [0.15, 0.2) is 0 Å². The number of imidazole rings is 1. The van der Waals surface area contributed by atoms with Gasteiger partial charge in [-0.3, -0.25) is 4.98 Å². The van der Waals surface area contributed by atoms with Crippen LogP contribution in [0.5, 0.6) is 11.5 Å². The van der Waals surface area contributed by atoms with Crippen molar-refractivity contribution in [3.63, 3.8) is 0 Å². The van der Waals surface area contributed by atoms with Crippen LogP contribution >= 0.6 is 11.6 Å². The summed E-state index contributed by atoms with van der Waals surface area (Å²) in [6.45, 7) is 3.88. The van der Waals surface area contributed by atoms with E-state index in [0.29, 0.717) is 39.3 Å². The van der Waals surface area contributed by atoms with E-state index in [2.05, 4.69) is 19.9 Å². The van der Waals surface area contributed by atoms with Crippen molar-refractivity contribution in [1.82, 2.24) is 19.9 Å². The summed E-state index contributed by atoms with van der Waals surface area (Å²) in [4.78, 5) is 15.7. The van der Waals surface area contributed by atoms with Gasteiger partial charge in [-0.05, 0) is 50.2 Å². The van der Waals surface area contributed by atoms with Crippen LogP contribution in [0.4, 0.5) is 4.39 Å². The summed E-state index contributed by atoms with van der Waals surface area (Å²) in [5.74, 6) is 1.10. The third-order valence-corrected chi connectivity index (χ3v) is 5.00. The molecule has 3 aromatic heterocycles.